The number of hydrogen-bond donors (Lipinski definition) is 0. The summed E-state index contributed by atoms with van der Waals surface area (Å²) in [5, 5.41) is 0.713. The molecule has 2 nitrogen and oxygen atoms in total. The van der Waals surface area contributed by atoms with Crippen LogP contribution in [0.1, 0.15) is 36.0 Å². The molecule has 1 aliphatic rings. The van der Waals surface area contributed by atoms with E-state index < -0.39 is 5.82 Å². The number of nitrogens with zero attached hydrogens (tertiary/aromatic N) is 1. The summed E-state index contributed by atoms with van der Waals surface area (Å²) in [6.07, 6.45) is 4.35. The van der Waals surface area contributed by atoms with Gasteiger partial charge in [-0.25, -0.2) is 4.39 Å². The van der Waals surface area contributed by atoms with Gasteiger partial charge in [-0.15, -0.1) is 0 Å². The van der Waals surface area contributed by atoms with Gasteiger partial charge in [0.05, 0.1) is 10.0 Å². The minimum Gasteiger partial charge on any atom is -0.335 e. The second kappa shape index (κ2) is 6.84. The predicted octanol–water partition coefficient (Wildman–Crippen LogP) is 4.37. The Balaban J connectivity index is 2.25. The highest BCUT2D eigenvalue weighted by Gasteiger charge is 2.28. The summed E-state index contributed by atoms with van der Waals surface area (Å²) in [6.45, 7) is 0.620. The highest BCUT2D eigenvalue weighted by atomic mass is 79.9. The lowest BCUT2D eigenvalue weighted by Gasteiger charge is -2.28. The molecule has 0 bridgehead atoms. The van der Waals surface area contributed by atoms with Crippen LogP contribution in [0.4, 0.5) is 4.39 Å². The van der Waals surface area contributed by atoms with Crippen LogP contribution in [0.5, 0.6) is 0 Å². The van der Waals surface area contributed by atoms with E-state index in [1.807, 2.05) is 4.90 Å². The van der Waals surface area contributed by atoms with Gasteiger partial charge in [-0.2, -0.15) is 0 Å². The van der Waals surface area contributed by atoms with Gasteiger partial charge in [0, 0.05) is 17.9 Å². The summed E-state index contributed by atoms with van der Waals surface area (Å²) in [4.78, 5) is 14.4. The first-order valence-electron chi connectivity index (χ1n) is 6.46. The number of hydrogen-bond acceptors (Lipinski definition) is 1. The summed E-state index contributed by atoms with van der Waals surface area (Å²) < 4.78 is 14.4. The molecule has 0 aliphatic heterocycles. The number of rotatable bonds is 4. The summed E-state index contributed by atoms with van der Waals surface area (Å²) in [5.41, 5.74) is 0.155. The number of carbonyl (C=O) groups is 1. The SMILES string of the molecule is O=C(c1cccc(Br)c1F)N(CCBr)C1CCCC1. The minimum absolute atomic E-state index is 0.155. The van der Waals surface area contributed by atoms with Crippen molar-refractivity contribution >= 4 is 37.8 Å². The Kier molecular flexibility index (Phi) is 5.39. The fourth-order valence-electron chi connectivity index (χ4n) is 2.58. The van der Waals surface area contributed by atoms with Crippen LogP contribution in [-0.4, -0.2) is 28.7 Å². The normalized spacial score (nSPS) is 15.7. The summed E-state index contributed by atoms with van der Waals surface area (Å²) >= 11 is 6.51. The largest absolute Gasteiger partial charge is 0.335 e. The molecule has 2 rings (SSSR count). The zero-order chi connectivity index (χ0) is 13.8. The third kappa shape index (κ3) is 3.37. The maximum absolute atomic E-state index is 14.0. The minimum atomic E-state index is -0.468. The summed E-state index contributed by atoms with van der Waals surface area (Å²) in [5.74, 6) is -0.671. The number of carbonyl (C=O) groups excluding carboxylic acids is 1. The van der Waals surface area contributed by atoms with Gasteiger partial charge in [0.2, 0.25) is 0 Å². The Morgan fingerprint density at radius 3 is 2.68 bits per heavy atom. The van der Waals surface area contributed by atoms with E-state index in [0.717, 1.165) is 25.7 Å². The molecule has 1 amide bonds. The molecule has 1 fully saturated rings. The molecule has 1 aromatic carbocycles. The van der Waals surface area contributed by atoms with E-state index >= 15 is 0 Å². The van der Waals surface area contributed by atoms with Gasteiger partial charge >= 0.3 is 0 Å². The molecular weight excluding hydrogens is 377 g/mol. The maximum atomic E-state index is 14.0. The Hall–Kier alpha value is -0.420. The number of amides is 1. The molecule has 1 aliphatic carbocycles. The standard InChI is InChI=1S/C14H16Br2FNO/c15-8-9-18(10-4-1-2-5-10)14(19)11-6-3-7-12(16)13(11)17/h3,6-7,10H,1-2,4-5,8-9H2. The van der Waals surface area contributed by atoms with Crippen molar-refractivity contribution in [2.24, 2.45) is 0 Å². The smallest absolute Gasteiger partial charge is 0.257 e. The van der Waals surface area contributed by atoms with Crippen LogP contribution < -0.4 is 0 Å². The Morgan fingerprint density at radius 2 is 2.05 bits per heavy atom. The lowest BCUT2D eigenvalue weighted by Crippen LogP contribution is -2.40. The second-order valence-electron chi connectivity index (χ2n) is 4.73. The first-order chi connectivity index (χ1) is 9.15. The van der Waals surface area contributed by atoms with Crippen molar-refractivity contribution in [1.29, 1.82) is 0 Å². The van der Waals surface area contributed by atoms with Crippen LogP contribution in [0.2, 0.25) is 0 Å². The van der Waals surface area contributed by atoms with Crippen LogP contribution in [0.25, 0.3) is 0 Å². The van der Waals surface area contributed by atoms with Gasteiger partial charge in [0.25, 0.3) is 5.91 Å². The quantitative estimate of drug-likeness (QED) is 0.696. The number of benzene rings is 1. The van der Waals surface area contributed by atoms with Gasteiger partial charge in [0.15, 0.2) is 0 Å². The van der Waals surface area contributed by atoms with Gasteiger partial charge in [0.1, 0.15) is 5.82 Å². The summed E-state index contributed by atoms with van der Waals surface area (Å²) in [6, 6.07) is 5.11. The molecule has 0 aromatic heterocycles. The molecule has 0 atom stereocenters. The van der Waals surface area contributed by atoms with Crippen LogP contribution in [0.15, 0.2) is 22.7 Å². The highest BCUT2D eigenvalue weighted by molar-refractivity contribution is 9.10. The maximum Gasteiger partial charge on any atom is 0.257 e. The Morgan fingerprint density at radius 1 is 1.37 bits per heavy atom. The fourth-order valence-corrected chi connectivity index (χ4v) is 3.33. The van der Waals surface area contributed by atoms with E-state index in [2.05, 4.69) is 31.9 Å². The van der Waals surface area contributed by atoms with Crippen molar-refractivity contribution < 1.29 is 9.18 Å². The Labute approximate surface area is 129 Å². The average Bonchev–Trinajstić information content (AvgIpc) is 2.92. The van der Waals surface area contributed by atoms with Gasteiger partial charge < -0.3 is 4.90 Å². The molecule has 0 N–H and O–H groups in total. The van der Waals surface area contributed by atoms with E-state index in [1.165, 1.54) is 0 Å². The molecule has 0 unspecified atom stereocenters. The number of alkyl halides is 1. The van der Waals surface area contributed by atoms with Gasteiger partial charge in [-0.3, -0.25) is 4.79 Å². The van der Waals surface area contributed by atoms with Gasteiger partial charge in [-0.05, 0) is 40.9 Å². The first kappa shape index (κ1) is 15.0. The highest BCUT2D eigenvalue weighted by Crippen LogP contribution is 2.27. The van der Waals surface area contributed by atoms with Crippen molar-refractivity contribution in [3.63, 3.8) is 0 Å². The molecule has 0 heterocycles. The van der Waals surface area contributed by atoms with E-state index in [1.54, 1.807) is 18.2 Å². The van der Waals surface area contributed by atoms with Crippen LogP contribution in [0, 0.1) is 5.82 Å². The van der Waals surface area contributed by atoms with Crippen LogP contribution >= 0.6 is 31.9 Å². The molecular formula is C14H16Br2FNO. The van der Waals surface area contributed by atoms with E-state index in [0.29, 0.717) is 16.3 Å². The summed E-state index contributed by atoms with van der Waals surface area (Å²) in [7, 11) is 0. The molecule has 0 spiro atoms. The van der Waals surface area contributed by atoms with Crippen LogP contribution in [0.3, 0.4) is 0 Å². The lowest BCUT2D eigenvalue weighted by molar-refractivity contribution is 0.0691. The van der Waals surface area contributed by atoms with E-state index in [4.69, 9.17) is 0 Å². The average molecular weight is 393 g/mol. The van der Waals surface area contributed by atoms with Crippen molar-refractivity contribution in [1.82, 2.24) is 4.90 Å². The van der Waals surface area contributed by atoms with Crippen molar-refractivity contribution in [3.8, 4) is 0 Å². The lowest BCUT2D eigenvalue weighted by atomic mass is 10.1. The monoisotopic (exact) mass is 391 g/mol. The van der Waals surface area contributed by atoms with E-state index in [-0.39, 0.29) is 17.5 Å². The zero-order valence-corrected chi connectivity index (χ0v) is 13.7. The molecule has 104 valence electrons. The van der Waals surface area contributed by atoms with Crippen molar-refractivity contribution in [2.45, 2.75) is 31.7 Å². The number of halogens is 3. The molecule has 0 radical (unpaired) electrons. The fraction of sp³-hybridized carbons (Fsp3) is 0.500. The topological polar surface area (TPSA) is 20.3 Å². The van der Waals surface area contributed by atoms with E-state index in [9.17, 15) is 9.18 Å². The first-order valence-corrected chi connectivity index (χ1v) is 8.37. The zero-order valence-electron chi connectivity index (χ0n) is 10.5. The van der Waals surface area contributed by atoms with Gasteiger partial charge in [-0.1, -0.05) is 34.8 Å². The molecule has 19 heavy (non-hydrogen) atoms. The third-order valence-electron chi connectivity index (χ3n) is 3.53. The van der Waals surface area contributed by atoms with Crippen molar-refractivity contribution in [2.75, 3.05) is 11.9 Å². The predicted molar refractivity (Wildman–Crippen MR) is 81.2 cm³/mol. The molecule has 1 aromatic rings. The second-order valence-corrected chi connectivity index (χ2v) is 6.37. The molecule has 1 saturated carbocycles. The van der Waals surface area contributed by atoms with Crippen molar-refractivity contribution in [3.05, 3.63) is 34.1 Å². The molecule has 0 saturated heterocycles. The third-order valence-corrected chi connectivity index (χ3v) is 4.50. The Bertz CT molecular complexity index is 461. The molecule has 5 heteroatoms. The van der Waals surface area contributed by atoms with Crippen LogP contribution in [-0.2, 0) is 0 Å².